The van der Waals surface area contributed by atoms with E-state index >= 15 is 0 Å². The number of thiazole rings is 1. The molecule has 0 bridgehead atoms. The summed E-state index contributed by atoms with van der Waals surface area (Å²) in [5.41, 5.74) is 0.886. The van der Waals surface area contributed by atoms with Crippen LogP contribution in [0.15, 0.2) is 27.7 Å². The van der Waals surface area contributed by atoms with Gasteiger partial charge in [0.15, 0.2) is 4.80 Å². The molecule has 1 saturated carbocycles. The summed E-state index contributed by atoms with van der Waals surface area (Å²) >= 11 is 4.89. The largest absolute Gasteiger partial charge is 0.465 e. The Bertz CT molecular complexity index is 850. The minimum absolute atomic E-state index is 0.0155. The summed E-state index contributed by atoms with van der Waals surface area (Å²) in [7, 11) is 0. The van der Waals surface area contributed by atoms with Gasteiger partial charge >= 0.3 is 5.97 Å². The molecule has 1 aliphatic rings. The number of rotatable bonds is 4. The molecule has 25 heavy (non-hydrogen) atoms. The Labute approximate surface area is 158 Å². The van der Waals surface area contributed by atoms with Crippen molar-refractivity contribution >= 4 is 49.4 Å². The van der Waals surface area contributed by atoms with Gasteiger partial charge in [0, 0.05) is 10.4 Å². The fourth-order valence-corrected chi connectivity index (χ4v) is 4.74. The van der Waals surface area contributed by atoms with E-state index in [0.29, 0.717) is 11.4 Å². The first kappa shape index (κ1) is 18.3. The van der Waals surface area contributed by atoms with E-state index in [1.165, 1.54) is 17.8 Å². The van der Waals surface area contributed by atoms with Crippen LogP contribution in [-0.4, -0.2) is 23.1 Å². The van der Waals surface area contributed by atoms with Crippen molar-refractivity contribution in [2.24, 2.45) is 10.9 Å². The summed E-state index contributed by atoms with van der Waals surface area (Å²) in [4.78, 5) is 29.5. The first-order valence-corrected chi connectivity index (χ1v) is 10.2. The second kappa shape index (κ2) is 8.27. The molecule has 0 aliphatic heterocycles. The number of aromatic nitrogens is 1. The molecule has 7 heteroatoms. The van der Waals surface area contributed by atoms with E-state index < -0.39 is 0 Å². The van der Waals surface area contributed by atoms with Gasteiger partial charge in [-0.3, -0.25) is 9.59 Å². The van der Waals surface area contributed by atoms with Crippen LogP contribution in [0.1, 0.15) is 39.0 Å². The number of ether oxygens (including phenoxy) is 1. The maximum absolute atomic E-state index is 12.6. The van der Waals surface area contributed by atoms with Crippen molar-refractivity contribution in [2.45, 2.75) is 45.6 Å². The van der Waals surface area contributed by atoms with Crippen molar-refractivity contribution in [3.8, 4) is 0 Å². The van der Waals surface area contributed by atoms with Crippen molar-refractivity contribution in [3.63, 3.8) is 0 Å². The number of halogens is 1. The van der Waals surface area contributed by atoms with Gasteiger partial charge in [0.25, 0.3) is 5.91 Å². The molecule has 1 aliphatic carbocycles. The molecule has 1 aromatic carbocycles. The summed E-state index contributed by atoms with van der Waals surface area (Å²) in [6.45, 7) is 2.18. The van der Waals surface area contributed by atoms with Crippen LogP contribution >= 0.6 is 27.3 Å². The van der Waals surface area contributed by atoms with Crippen LogP contribution in [-0.2, 0) is 20.9 Å². The quantitative estimate of drug-likeness (QED) is 0.695. The highest BCUT2D eigenvalue weighted by Crippen LogP contribution is 2.25. The predicted molar refractivity (Wildman–Crippen MR) is 101 cm³/mol. The summed E-state index contributed by atoms with van der Waals surface area (Å²) in [5.74, 6) is -0.374. The molecule has 1 fully saturated rings. The van der Waals surface area contributed by atoms with E-state index in [9.17, 15) is 9.59 Å². The van der Waals surface area contributed by atoms with Crippen LogP contribution in [0, 0.1) is 5.92 Å². The van der Waals surface area contributed by atoms with Crippen LogP contribution in [0.3, 0.4) is 0 Å². The normalized spacial score (nSPS) is 16.3. The maximum Gasteiger partial charge on any atom is 0.326 e. The Morgan fingerprint density at radius 2 is 2.08 bits per heavy atom. The van der Waals surface area contributed by atoms with Gasteiger partial charge in [0.05, 0.1) is 16.8 Å². The van der Waals surface area contributed by atoms with E-state index in [-0.39, 0.29) is 24.3 Å². The highest BCUT2D eigenvalue weighted by atomic mass is 79.9. The lowest BCUT2D eigenvalue weighted by molar-refractivity contribution is -0.143. The predicted octanol–water partition coefficient (Wildman–Crippen LogP) is 4.04. The molecule has 0 radical (unpaired) electrons. The van der Waals surface area contributed by atoms with Crippen molar-refractivity contribution in [1.82, 2.24) is 4.57 Å². The Kier molecular flexibility index (Phi) is 6.06. The first-order valence-electron chi connectivity index (χ1n) is 8.61. The molecule has 0 atom stereocenters. The number of carbonyl (C=O) groups excluding carboxylic acids is 2. The van der Waals surface area contributed by atoms with E-state index in [2.05, 4.69) is 20.9 Å². The van der Waals surface area contributed by atoms with Crippen molar-refractivity contribution in [2.75, 3.05) is 6.61 Å². The molecular weight excluding hydrogens is 404 g/mol. The van der Waals surface area contributed by atoms with E-state index in [4.69, 9.17) is 4.74 Å². The number of esters is 1. The SMILES string of the molecule is CCOC(=O)Cn1c(=NC(=O)C2CCCCC2)sc2cc(Br)ccc21. The molecular formula is C18H21BrN2O3S. The zero-order chi connectivity index (χ0) is 17.8. The molecule has 0 unspecified atom stereocenters. The summed E-state index contributed by atoms with van der Waals surface area (Å²) < 4.78 is 8.79. The monoisotopic (exact) mass is 424 g/mol. The molecule has 1 heterocycles. The van der Waals surface area contributed by atoms with E-state index in [1.54, 1.807) is 11.5 Å². The highest BCUT2D eigenvalue weighted by Gasteiger charge is 2.21. The van der Waals surface area contributed by atoms with Gasteiger partial charge in [-0.05, 0) is 38.0 Å². The topological polar surface area (TPSA) is 60.7 Å². The van der Waals surface area contributed by atoms with Crippen LogP contribution < -0.4 is 4.80 Å². The van der Waals surface area contributed by atoms with Gasteiger partial charge < -0.3 is 9.30 Å². The molecule has 1 aromatic heterocycles. The molecule has 134 valence electrons. The number of hydrogen-bond donors (Lipinski definition) is 0. The smallest absolute Gasteiger partial charge is 0.326 e. The number of fused-ring (bicyclic) bond motifs is 1. The molecule has 5 nitrogen and oxygen atoms in total. The fraction of sp³-hybridized carbons (Fsp3) is 0.500. The lowest BCUT2D eigenvalue weighted by Crippen LogP contribution is -2.25. The Balaban J connectivity index is 2.01. The van der Waals surface area contributed by atoms with Gasteiger partial charge in [-0.25, -0.2) is 0 Å². The standard InChI is InChI=1S/C18H21BrN2O3S/c1-2-24-16(22)11-21-14-9-8-13(19)10-15(14)25-18(21)20-17(23)12-6-4-3-5-7-12/h8-10,12H,2-7,11H2,1H3. The van der Waals surface area contributed by atoms with E-state index in [1.807, 2.05) is 18.2 Å². The van der Waals surface area contributed by atoms with Gasteiger partial charge in [0.2, 0.25) is 0 Å². The van der Waals surface area contributed by atoms with Crippen LogP contribution in [0.2, 0.25) is 0 Å². The van der Waals surface area contributed by atoms with E-state index in [0.717, 1.165) is 40.4 Å². The number of amides is 1. The number of benzene rings is 1. The van der Waals surface area contributed by atoms with Crippen molar-refractivity contribution in [3.05, 3.63) is 27.5 Å². The lowest BCUT2D eigenvalue weighted by atomic mass is 9.89. The number of nitrogens with zero attached hydrogens (tertiary/aromatic N) is 2. The number of carbonyl (C=O) groups is 2. The van der Waals surface area contributed by atoms with Gasteiger partial charge in [-0.2, -0.15) is 4.99 Å². The molecule has 3 rings (SSSR count). The molecule has 0 saturated heterocycles. The zero-order valence-corrected chi connectivity index (χ0v) is 16.6. The summed E-state index contributed by atoms with van der Waals surface area (Å²) in [5, 5.41) is 0. The average Bonchev–Trinajstić information content (AvgIpc) is 2.92. The minimum Gasteiger partial charge on any atom is -0.465 e. The third-order valence-electron chi connectivity index (χ3n) is 4.40. The molecule has 0 N–H and O–H groups in total. The maximum atomic E-state index is 12.6. The van der Waals surface area contributed by atoms with Crippen LogP contribution in [0.4, 0.5) is 0 Å². The Morgan fingerprint density at radius 3 is 2.80 bits per heavy atom. The van der Waals surface area contributed by atoms with Crippen molar-refractivity contribution < 1.29 is 14.3 Å². The lowest BCUT2D eigenvalue weighted by Gasteiger charge is -2.17. The third-order valence-corrected chi connectivity index (χ3v) is 5.93. The van der Waals surface area contributed by atoms with Crippen LogP contribution in [0.25, 0.3) is 10.2 Å². The molecule has 1 amide bonds. The highest BCUT2D eigenvalue weighted by molar-refractivity contribution is 9.10. The van der Waals surface area contributed by atoms with Crippen LogP contribution in [0.5, 0.6) is 0 Å². The Hall–Kier alpha value is -1.47. The zero-order valence-electron chi connectivity index (χ0n) is 14.2. The second-order valence-corrected chi connectivity index (χ2v) is 8.10. The van der Waals surface area contributed by atoms with Gasteiger partial charge in [-0.1, -0.05) is 46.5 Å². The summed E-state index contributed by atoms with van der Waals surface area (Å²) in [6, 6.07) is 5.83. The Morgan fingerprint density at radius 1 is 1.32 bits per heavy atom. The average molecular weight is 425 g/mol. The third kappa shape index (κ3) is 4.39. The fourth-order valence-electron chi connectivity index (χ4n) is 3.16. The van der Waals surface area contributed by atoms with Gasteiger partial charge in [-0.15, -0.1) is 0 Å². The first-order chi connectivity index (χ1) is 12.1. The van der Waals surface area contributed by atoms with Gasteiger partial charge in [0.1, 0.15) is 6.54 Å². The number of hydrogen-bond acceptors (Lipinski definition) is 4. The minimum atomic E-state index is -0.323. The molecule has 0 spiro atoms. The second-order valence-electron chi connectivity index (χ2n) is 6.17. The summed E-state index contributed by atoms with van der Waals surface area (Å²) in [6.07, 6.45) is 5.21. The van der Waals surface area contributed by atoms with Crippen molar-refractivity contribution in [1.29, 1.82) is 0 Å². The molecule has 2 aromatic rings.